The van der Waals surface area contributed by atoms with Gasteiger partial charge in [-0.2, -0.15) is 0 Å². The third kappa shape index (κ3) is 4.45. The predicted octanol–water partition coefficient (Wildman–Crippen LogP) is 9.12. The van der Waals surface area contributed by atoms with E-state index in [1.165, 1.54) is 48.2 Å². The average molecular weight is 547 g/mol. The average Bonchev–Trinajstić information content (AvgIpc) is 3.24. The summed E-state index contributed by atoms with van der Waals surface area (Å²) in [5.41, 5.74) is 10.8. The molecule has 2 heterocycles. The van der Waals surface area contributed by atoms with E-state index in [2.05, 4.69) is 117 Å². The van der Waals surface area contributed by atoms with Gasteiger partial charge in [-0.05, 0) is 109 Å². The first-order valence-corrected chi connectivity index (χ1v) is 19.3. The molecule has 0 aromatic heterocycles. The van der Waals surface area contributed by atoms with E-state index in [-0.39, 0.29) is 6.04 Å². The van der Waals surface area contributed by atoms with Crippen molar-refractivity contribution in [3.05, 3.63) is 112 Å². The number of benzene rings is 1. The molecule has 0 spiro atoms. The second-order valence-corrected chi connectivity index (χ2v) is 19.3. The summed E-state index contributed by atoms with van der Waals surface area (Å²) in [5.74, 6) is 2.82. The van der Waals surface area contributed by atoms with Crippen molar-refractivity contribution in [2.45, 2.75) is 90.0 Å². The monoisotopic (exact) mass is 546 g/mol. The summed E-state index contributed by atoms with van der Waals surface area (Å²) in [6.07, 6.45) is 27.0. The molecule has 40 heavy (non-hydrogen) atoms. The Morgan fingerprint density at radius 1 is 1.07 bits per heavy atom. The maximum Gasteiger partial charge on any atom is 0.0798 e. The lowest BCUT2D eigenvalue weighted by atomic mass is 9.65. The predicted molar refractivity (Wildman–Crippen MR) is 173 cm³/mol. The van der Waals surface area contributed by atoms with Crippen LogP contribution in [-0.2, 0) is 0 Å². The highest BCUT2D eigenvalue weighted by Gasteiger charge is 2.41. The molecule has 4 aliphatic carbocycles. The number of nitrogens with zero attached hydrogens (tertiary/aromatic N) is 1. The van der Waals surface area contributed by atoms with Crippen LogP contribution in [0, 0.1) is 17.8 Å². The van der Waals surface area contributed by atoms with Crippen molar-refractivity contribution in [3.63, 3.8) is 0 Å². The summed E-state index contributed by atoms with van der Waals surface area (Å²) in [4.78, 5) is 2.63. The lowest BCUT2D eigenvalue weighted by Gasteiger charge is -2.41. The lowest BCUT2D eigenvalue weighted by Crippen LogP contribution is -2.38. The molecule has 1 fully saturated rings. The molecule has 1 N–H and O–H groups in total. The van der Waals surface area contributed by atoms with Crippen LogP contribution in [0.5, 0.6) is 0 Å². The molecule has 6 aliphatic rings. The van der Waals surface area contributed by atoms with E-state index in [9.17, 15) is 0 Å². The van der Waals surface area contributed by atoms with E-state index in [4.69, 9.17) is 0 Å². The van der Waals surface area contributed by atoms with Crippen molar-refractivity contribution in [3.8, 4) is 0 Å². The second kappa shape index (κ2) is 9.94. The molecule has 0 amide bonds. The number of anilines is 1. The summed E-state index contributed by atoms with van der Waals surface area (Å²) in [5, 5.41) is 5.55. The van der Waals surface area contributed by atoms with Crippen LogP contribution in [-0.4, -0.2) is 20.2 Å². The standard InChI is InChI=1S/C37H46N2Si/c1-24-17-26-15-16-27(26)19-28(24)20-29-21-34(38-23-37(29)40(3,4)5)32-22-33-31-13-9-10-14-35(31)39(36(33)18-25(32)2)30-11-7-6-8-12-30/h6-11,13-14,18-19,21,23-24,26,28,30,33-34,38H,12,15-17,20,22H2,1-5H3. The molecular formula is C37H46N2Si. The summed E-state index contributed by atoms with van der Waals surface area (Å²) in [7, 11) is -1.47. The number of dihydropyridines is 1. The van der Waals surface area contributed by atoms with Crippen molar-refractivity contribution in [2.75, 3.05) is 4.90 Å². The number of allylic oxidation sites excluding steroid dienone is 9. The summed E-state index contributed by atoms with van der Waals surface area (Å²) < 4.78 is 0. The van der Waals surface area contributed by atoms with Crippen molar-refractivity contribution in [1.82, 2.24) is 5.32 Å². The Morgan fingerprint density at radius 2 is 1.93 bits per heavy atom. The van der Waals surface area contributed by atoms with Gasteiger partial charge in [-0.3, -0.25) is 0 Å². The molecule has 3 heteroatoms. The van der Waals surface area contributed by atoms with Gasteiger partial charge in [-0.25, -0.2) is 0 Å². The Morgan fingerprint density at radius 3 is 2.67 bits per heavy atom. The molecule has 0 radical (unpaired) electrons. The molecule has 2 nitrogen and oxygen atoms in total. The van der Waals surface area contributed by atoms with Crippen LogP contribution in [0.4, 0.5) is 5.69 Å². The zero-order valence-corrected chi connectivity index (χ0v) is 26.1. The van der Waals surface area contributed by atoms with Crippen LogP contribution in [0.25, 0.3) is 0 Å². The summed E-state index contributed by atoms with van der Waals surface area (Å²) in [6, 6.07) is 9.84. The molecule has 1 saturated carbocycles. The van der Waals surface area contributed by atoms with Gasteiger partial charge in [0.2, 0.25) is 0 Å². The number of rotatable bonds is 5. The minimum absolute atomic E-state index is 0.287. The van der Waals surface area contributed by atoms with Gasteiger partial charge in [-0.1, -0.05) is 86.8 Å². The van der Waals surface area contributed by atoms with Crippen LogP contribution in [0.15, 0.2) is 106 Å². The topological polar surface area (TPSA) is 15.3 Å². The quantitative estimate of drug-likeness (QED) is 0.293. The smallest absolute Gasteiger partial charge is 0.0798 e. The Kier molecular flexibility index (Phi) is 6.50. The van der Waals surface area contributed by atoms with Crippen LogP contribution < -0.4 is 10.2 Å². The van der Waals surface area contributed by atoms with Gasteiger partial charge in [0.25, 0.3) is 0 Å². The van der Waals surface area contributed by atoms with E-state index < -0.39 is 8.07 Å². The fraction of sp³-hybridized carbons (Fsp3) is 0.459. The van der Waals surface area contributed by atoms with Crippen molar-refractivity contribution >= 4 is 13.8 Å². The van der Waals surface area contributed by atoms with E-state index in [0.717, 1.165) is 24.7 Å². The van der Waals surface area contributed by atoms with Gasteiger partial charge in [-0.15, -0.1) is 0 Å². The highest BCUT2D eigenvalue weighted by atomic mass is 28.3. The Hall–Kier alpha value is -2.78. The minimum Gasteiger partial charge on any atom is -0.381 e. The number of hydrogen-bond acceptors (Lipinski definition) is 2. The molecule has 0 bridgehead atoms. The normalized spacial score (nSPS) is 32.7. The van der Waals surface area contributed by atoms with Crippen LogP contribution in [0.2, 0.25) is 19.6 Å². The van der Waals surface area contributed by atoms with Gasteiger partial charge in [0, 0.05) is 17.3 Å². The zero-order valence-electron chi connectivity index (χ0n) is 25.1. The third-order valence-electron chi connectivity index (χ3n) is 10.7. The van der Waals surface area contributed by atoms with Crippen molar-refractivity contribution < 1.29 is 0 Å². The molecule has 6 atom stereocenters. The van der Waals surface area contributed by atoms with E-state index in [0.29, 0.717) is 17.9 Å². The first kappa shape index (κ1) is 26.1. The zero-order chi connectivity index (χ0) is 27.6. The van der Waals surface area contributed by atoms with Crippen LogP contribution in [0.1, 0.15) is 63.9 Å². The number of fused-ring (bicyclic) bond motifs is 4. The summed E-state index contributed by atoms with van der Waals surface area (Å²) in [6.45, 7) is 12.4. The van der Waals surface area contributed by atoms with Gasteiger partial charge < -0.3 is 10.2 Å². The molecule has 7 rings (SSSR count). The third-order valence-corrected chi connectivity index (χ3v) is 12.8. The highest BCUT2D eigenvalue weighted by molar-refractivity contribution is 6.84. The maximum absolute atomic E-state index is 3.92. The largest absolute Gasteiger partial charge is 0.381 e. The number of para-hydroxylation sites is 1. The van der Waals surface area contributed by atoms with Crippen molar-refractivity contribution in [1.29, 1.82) is 0 Å². The molecule has 0 saturated heterocycles. The fourth-order valence-corrected chi connectivity index (χ4v) is 9.98. The van der Waals surface area contributed by atoms with Crippen molar-refractivity contribution in [2.24, 2.45) is 17.8 Å². The Bertz CT molecular complexity index is 1420. The molecule has 1 aromatic rings. The molecular weight excluding hydrogens is 501 g/mol. The second-order valence-electron chi connectivity index (χ2n) is 14.3. The van der Waals surface area contributed by atoms with Gasteiger partial charge in [0.1, 0.15) is 0 Å². The molecule has 208 valence electrons. The SMILES string of the molecule is CC1=C(C2C=C(CC3C=C4CCC4CC3C)C([Si](C)(C)C)=CN2)CC2C(=C1)N(C1C=CC=CC1)c1ccccc12. The molecule has 2 aliphatic heterocycles. The Balaban J connectivity index is 1.22. The first-order valence-electron chi connectivity index (χ1n) is 15.8. The highest BCUT2D eigenvalue weighted by Crippen LogP contribution is 2.52. The van der Waals surface area contributed by atoms with E-state index in [1.807, 2.05) is 0 Å². The number of hydrogen-bond donors (Lipinski definition) is 1. The Labute approximate surface area is 243 Å². The number of nitrogens with one attached hydrogen (secondary N) is 1. The first-order chi connectivity index (χ1) is 19.3. The summed E-state index contributed by atoms with van der Waals surface area (Å²) >= 11 is 0. The molecule has 6 unspecified atom stereocenters. The lowest BCUT2D eigenvalue weighted by molar-refractivity contribution is 0.264. The van der Waals surface area contributed by atoms with E-state index >= 15 is 0 Å². The fourth-order valence-electron chi connectivity index (χ4n) is 8.31. The minimum atomic E-state index is -1.47. The van der Waals surface area contributed by atoms with Gasteiger partial charge in [0.15, 0.2) is 0 Å². The van der Waals surface area contributed by atoms with Crippen LogP contribution in [0.3, 0.4) is 0 Å². The van der Waals surface area contributed by atoms with Gasteiger partial charge in [0.05, 0.1) is 20.2 Å². The van der Waals surface area contributed by atoms with Gasteiger partial charge >= 0.3 is 0 Å². The maximum atomic E-state index is 3.92. The van der Waals surface area contributed by atoms with E-state index in [1.54, 1.807) is 21.9 Å². The van der Waals surface area contributed by atoms with Crippen LogP contribution >= 0.6 is 0 Å². The molecule has 1 aromatic carbocycles.